The molecule has 1 saturated heterocycles. The second-order valence-electron chi connectivity index (χ2n) is 8.06. The van der Waals surface area contributed by atoms with Crippen LogP contribution in [0, 0.1) is 11.3 Å². The van der Waals surface area contributed by atoms with Gasteiger partial charge in [-0.15, -0.1) is 0 Å². The van der Waals surface area contributed by atoms with Gasteiger partial charge in [-0.2, -0.15) is 5.26 Å². The summed E-state index contributed by atoms with van der Waals surface area (Å²) < 4.78 is 4.71. The van der Waals surface area contributed by atoms with Gasteiger partial charge >= 0.3 is 5.97 Å². The number of ether oxygens (including phenoxy) is 1. The van der Waals surface area contributed by atoms with Gasteiger partial charge in [0.25, 0.3) is 0 Å². The molecule has 7 heteroatoms. The van der Waals surface area contributed by atoms with E-state index >= 15 is 0 Å². The molecule has 5 rings (SSSR count). The van der Waals surface area contributed by atoms with E-state index < -0.39 is 11.4 Å². The number of benzene rings is 2. The van der Waals surface area contributed by atoms with Crippen molar-refractivity contribution >= 4 is 22.7 Å². The number of aromatic carboxylic acids is 1. The number of hydrogen-bond donors (Lipinski definition) is 3. The summed E-state index contributed by atoms with van der Waals surface area (Å²) in [6, 6.07) is 12.3. The third-order valence-electron chi connectivity index (χ3n) is 5.63. The topological polar surface area (TPSA) is 129 Å². The maximum absolute atomic E-state index is 13.1. The molecule has 0 unspecified atom stereocenters. The molecule has 0 atom stereocenters. The fraction of sp³-hybridized carbons (Fsp3) is 0.261. The molecule has 2 aromatic carbocycles. The number of carbonyl (C=O) groups excluding carboxylic acids is 1. The first-order chi connectivity index (χ1) is 14.2. The van der Waals surface area contributed by atoms with Crippen LogP contribution in [-0.4, -0.2) is 41.1 Å². The minimum Gasteiger partial charge on any atom is -0.478 e. The molecule has 1 aromatic heterocycles. The van der Waals surface area contributed by atoms with Gasteiger partial charge in [-0.1, -0.05) is 19.9 Å². The van der Waals surface area contributed by atoms with E-state index in [2.05, 4.69) is 11.1 Å². The lowest BCUT2D eigenvalue weighted by atomic mass is 9.71. The number of nitriles is 1. The van der Waals surface area contributed by atoms with E-state index in [4.69, 9.17) is 15.7 Å². The number of rotatable bonds is 1. The Morgan fingerprint density at radius 2 is 1.97 bits per heavy atom. The standard InChI is InChI=1S/C20H14N2O3.C3H7NO/c1-20(2)14-8-11(19(24)25)4-6-12(14)17(23)16-13-5-3-10(9-21)7-15(13)22-18(16)20;4-3-1-5-2-3/h3-8,22H,1-2H3,(H,24,25);3H,1-2,4H2. The van der Waals surface area contributed by atoms with Crippen LogP contribution in [0.2, 0.25) is 0 Å². The minimum atomic E-state index is -1.02. The fourth-order valence-corrected chi connectivity index (χ4v) is 3.89. The van der Waals surface area contributed by atoms with Gasteiger partial charge in [-0.25, -0.2) is 4.79 Å². The summed E-state index contributed by atoms with van der Waals surface area (Å²) in [5.74, 6) is -1.15. The highest BCUT2D eigenvalue weighted by Gasteiger charge is 2.39. The van der Waals surface area contributed by atoms with Crippen LogP contribution in [0.1, 0.15) is 56.9 Å². The molecule has 152 valence electrons. The summed E-state index contributed by atoms with van der Waals surface area (Å²) >= 11 is 0. The minimum absolute atomic E-state index is 0.128. The Morgan fingerprint density at radius 3 is 2.53 bits per heavy atom. The molecular weight excluding hydrogens is 382 g/mol. The second kappa shape index (κ2) is 7.10. The first-order valence-electron chi connectivity index (χ1n) is 9.56. The molecule has 1 aliphatic carbocycles. The van der Waals surface area contributed by atoms with Crippen molar-refractivity contribution in [3.63, 3.8) is 0 Å². The Morgan fingerprint density at radius 1 is 1.27 bits per heavy atom. The number of hydrogen-bond acceptors (Lipinski definition) is 5. The normalized spacial score (nSPS) is 16.5. The molecule has 0 amide bonds. The monoisotopic (exact) mass is 403 g/mol. The SMILES string of the molecule is CC1(C)c2cc(C(=O)O)ccc2C(=O)c2c1[nH]c1cc(C#N)ccc21.NC1COC1. The molecule has 0 radical (unpaired) electrons. The lowest BCUT2D eigenvalue weighted by molar-refractivity contribution is 0.0121. The smallest absolute Gasteiger partial charge is 0.335 e. The number of aromatic nitrogens is 1. The van der Waals surface area contributed by atoms with E-state index in [1.54, 1.807) is 30.3 Å². The number of nitrogens with zero attached hydrogens (tertiary/aromatic N) is 1. The largest absolute Gasteiger partial charge is 0.478 e. The molecule has 2 heterocycles. The average molecular weight is 403 g/mol. The Labute approximate surface area is 173 Å². The number of carboxylic acids is 1. The number of aromatic amines is 1. The quantitative estimate of drug-likeness (QED) is 0.573. The van der Waals surface area contributed by atoms with Crippen molar-refractivity contribution in [3.8, 4) is 6.07 Å². The molecular formula is C23H21N3O4. The first-order valence-corrected chi connectivity index (χ1v) is 9.56. The molecule has 1 fully saturated rings. The average Bonchev–Trinajstić information content (AvgIpc) is 3.10. The summed E-state index contributed by atoms with van der Waals surface area (Å²) in [5.41, 5.74) is 8.66. The highest BCUT2D eigenvalue weighted by atomic mass is 16.5. The van der Waals surface area contributed by atoms with Crippen molar-refractivity contribution in [2.24, 2.45) is 5.73 Å². The number of H-pyrrole nitrogens is 1. The van der Waals surface area contributed by atoms with Crippen molar-refractivity contribution in [1.29, 1.82) is 5.26 Å². The van der Waals surface area contributed by atoms with Crippen molar-refractivity contribution in [3.05, 3.63) is 69.9 Å². The van der Waals surface area contributed by atoms with Crippen LogP contribution in [0.25, 0.3) is 10.9 Å². The van der Waals surface area contributed by atoms with Crippen molar-refractivity contribution in [1.82, 2.24) is 4.98 Å². The number of ketones is 1. The third-order valence-corrected chi connectivity index (χ3v) is 5.63. The molecule has 0 spiro atoms. The molecule has 1 aliphatic heterocycles. The van der Waals surface area contributed by atoms with Crippen LogP contribution >= 0.6 is 0 Å². The summed E-state index contributed by atoms with van der Waals surface area (Å²) in [6.07, 6.45) is 0. The van der Waals surface area contributed by atoms with Gasteiger partial charge < -0.3 is 20.6 Å². The maximum atomic E-state index is 13.1. The molecule has 3 aromatic rings. The third kappa shape index (κ3) is 3.07. The van der Waals surface area contributed by atoms with E-state index in [9.17, 15) is 14.7 Å². The van der Waals surface area contributed by atoms with Crippen LogP contribution < -0.4 is 5.73 Å². The zero-order valence-corrected chi connectivity index (χ0v) is 16.7. The van der Waals surface area contributed by atoms with Gasteiger partial charge in [-0.3, -0.25) is 4.79 Å². The van der Waals surface area contributed by atoms with E-state index in [-0.39, 0.29) is 11.3 Å². The van der Waals surface area contributed by atoms with Gasteiger partial charge in [0, 0.05) is 27.6 Å². The Hall–Kier alpha value is -3.47. The van der Waals surface area contributed by atoms with E-state index in [1.165, 1.54) is 6.07 Å². The van der Waals surface area contributed by atoms with Gasteiger partial charge in [0.1, 0.15) is 0 Å². The number of carbonyl (C=O) groups is 2. The number of fused-ring (bicyclic) bond motifs is 4. The summed E-state index contributed by atoms with van der Waals surface area (Å²) in [5, 5.41) is 19.1. The van der Waals surface area contributed by atoms with Crippen LogP contribution in [0.4, 0.5) is 0 Å². The van der Waals surface area contributed by atoms with Gasteiger partial charge in [-0.05, 0) is 35.9 Å². The molecule has 0 bridgehead atoms. The van der Waals surface area contributed by atoms with Crippen LogP contribution in [-0.2, 0) is 10.2 Å². The Kier molecular flexibility index (Phi) is 4.69. The zero-order valence-electron chi connectivity index (χ0n) is 16.7. The van der Waals surface area contributed by atoms with Crippen molar-refractivity contribution in [2.75, 3.05) is 13.2 Å². The molecule has 4 N–H and O–H groups in total. The molecule has 30 heavy (non-hydrogen) atoms. The zero-order chi connectivity index (χ0) is 21.6. The van der Waals surface area contributed by atoms with E-state index in [0.717, 1.165) is 29.8 Å². The molecule has 7 nitrogen and oxygen atoms in total. The number of carboxylic acid groups (broad SMARTS) is 1. The van der Waals surface area contributed by atoms with Crippen LogP contribution in [0.3, 0.4) is 0 Å². The lowest BCUT2D eigenvalue weighted by Gasteiger charge is -2.32. The van der Waals surface area contributed by atoms with E-state index in [1.807, 2.05) is 13.8 Å². The number of nitrogens with two attached hydrogens (primary N) is 1. The highest BCUT2D eigenvalue weighted by molar-refractivity contribution is 6.20. The summed E-state index contributed by atoms with van der Waals surface area (Å²) in [4.78, 5) is 27.7. The van der Waals surface area contributed by atoms with Crippen molar-refractivity contribution < 1.29 is 19.4 Å². The maximum Gasteiger partial charge on any atom is 0.335 e. The van der Waals surface area contributed by atoms with Gasteiger partial charge in [0.2, 0.25) is 0 Å². The summed E-state index contributed by atoms with van der Waals surface area (Å²) in [7, 11) is 0. The Balaban J connectivity index is 0.000000383. The number of nitrogens with one attached hydrogen (secondary N) is 1. The highest BCUT2D eigenvalue weighted by Crippen LogP contribution is 2.43. The molecule has 2 aliphatic rings. The van der Waals surface area contributed by atoms with Gasteiger partial charge in [0.15, 0.2) is 5.78 Å². The van der Waals surface area contributed by atoms with Crippen LogP contribution in [0.5, 0.6) is 0 Å². The first kappa shape index (κ1) is 19.8. The predicted octanol–water partition coefficient (Wildman–Crippen LogP) is 2.95. The second-order valence-corrected chi connectivity index (χ2v) is 8.06. The van der Waals surface area contributed by atoms with Crippen molar-refractivity contribution in [2.45, 2.75) is 25.3 Å². The van der Waals surface area contributed by atoms with Crippen LogP contribution in [0.15, 0.2) is 36.4 Å². The predicted molar refractivity (Wildman–Crippen MR) is 111 cm³/mol. The van der Waals surface area contributed by atoms with Gasteiger partial charge in [0.05, 0.1) is 42.0 Å². The molecule has 0 saturated carbocycles. The fourth-order valence-electron chi connectivity index (χ4n) is 3.89. The lowest BCUT2D eigenvalue weighted by Crippen LogP contribution is -2.41. The summed E-state index contributed by atoms with van der Waals surface area (Å²) in [6.45, 7) is 5.45. The van der Waals surface area contributed by atoms with E-state index in [0.29, 0.717) is 28.3 Å². The Bertz CT molecular complexity index is 1230.